The van der Waals surface area contributed by atoms with Crippen LogP contribution in [0.1, 0.15) is 81.3 Å². The molecule has 0 unspecified atom stereocenters. The second-order valence-electron chi connectivity index (χ2n) is 13.2. The molecule has 0 fully saturated rings. The maximum absolute atomic E-state index is 3.67. The predicted octanol–water partition coefficient (Wildman–Crippen LogP) is 10.1. The molecule has 0 spiro atoms. The van der Waals surface area contributed by atoms with E-state index in [1.54, 1.807) is 3.26 Å². The Morgan fingerprint density at radius 1 is 0.714 bits per heavy atom. The molecular weight excluding hydrogens is 671 g/mol. The summed E-state index contributed by atoms with van der Waals surface area (Å²) in [5.41, 5.74) is 11.6. The SMILES string of the molecule is CC(C)(C)c1[c-]c2c(cc1)-c1ccc(C(C)(C)C)cc1C2.[C-]1=CC=CC1.[Hf+2]=[C](Cc1ccccc1)Cc1ccccc1. The van der Waals surface area contributed by atoms with E-state index in [0.29, 0.717) is 0 Å². The van der Waals surface area contributed by atoms with Crippen LogP contribution in [0.4, 0.5) is 0 Å². The summed E-state index contributed by atoms with van der Waals surface area (Å²) in [6.45, 7) is 13.6. The zero-order valence-corrected chi connectivity index (χ0v) is 29.8. The first-order valence-corrected chi connectivity index (χ1v) is 16.9. The fourth-order valence-corrected chi connectivity index (χ4v) is 6.58. The molecule has 0 aromatic heterocycles. The summed E-state index contributed by atoms with van der Waals surface area (Å²) >= 11 is 1.18. The van der Waals surface area contributed by atoms with Crippen molar-refractivity contribution < 1.29 is 23.9 Å². The zero-order chi connectivity index (χ0) is 30.2. The van der Waals surface area contributed by atoms with Crippen molar-refractivity contribution in [3.05, 3.63) is 155 Å². The third kappa shape index (κ3) is 9.30. The second kappa shape index (κ2) is 14.5. The summed E-state index contributed by atoms with van der Waals surface area (Å²) in [6.07, 6.45) is 13.3. The van der Waals surface area contributed by atoms with Gasteiger partial charge < -0.3 is 0 Å². The van der Waals surface area contributed by atoms with Crippen molar-refractivity contribution in [3.63, 3.8) is 0 Å². The van der Waals surface area contributed by atoms with E-state index in [4.69, 9.17) is 0 Å². The van der Waals surface area contributed by atoms with Crippen LogP contribution in [0.2, 0.25) is 0 Å². The molecule has 4 aromatic carbocycles. The van der Waals surface area contributed by atoms with Gasteiger partial charge in [-0.3, -0.25) is 6.08 Å². The maximum atomic E-state index is 3.67. The van der Waals surface area contributed by atoms with Gasteiger partial charge in [-0.15, -0.1) is 17.5 Å². The quantitative estimate of drug-likeness (QED) is 0.128. The van der Waals surface area contributed by atoms with Gasteiger partial charge in [0.05, 0.1) is 0 Å². The van der Waals surface area contributed by atoms with Crippen LogP contribution in [0.5, 0.6) is 0 Å². The molecule has 0 saturated carbocycles. The molecule has 0 heterocycles. The standard InChI is InChI=1S/C21H25.C15H14.C5H5.Hf/c1-20(2,3)16-7-9-18-14(12-16)11-15-13-17(21(4,5)6)8-10-19(15)18;1-3-8-14(9-4-1)12-7-13-15-10-5-2-6-11-15;1-2-4-5-3-1;/h7-10,12H,11H2,1-6H3;1-6,8-11H,12-13H2;1-3H,4H2;/q-1;;-1;+2. The van der Waals surface area contributed by atoms with Crippen molar-refractivity contribution in [1.82, 2.24) is 0 Å². The van der Waals surface area contributed by atoms with Gasteiger partial charge in [0.2, 0.25) is 0 Å². The Morgan fingerprint density at radius 3 is 1.79 bits per heavy atom. The number of hydrogen-bond acceptors (Lipinski definition) is 0. The van der Waals surface area contributed by atoms with E-state index in [1.807, 2.05) is 12.2 Å². The molecule has 6 rings (SSSR count). The number of fused-ring (bicyclic) bond motifs is 3. The average Bonchev–Trinajstić information content (AvgIpc) is 3.65. The Morgan fingerprint density at radius 2 is 1.31 bits per heavy atom. The Hall–Kier alpha value is -2.90. The van der Waals surface area contributed by atoms with Gasteiger partial charge in [0.15, 0.2) is 0 Å². The summed E-state index contributed by atoms with van der Waals surface area (Å²) < 4.78 is 1.65. The van der Waals surface area contributed by atoms with E-state index in [0.717, 1.165) is 25.7 Å². The van der Waals surface area contributed by atoms with Crippen molar-refractivity contribution in [1.29, 1.82) is 0 Å². The van der Waals surface area contributed by atoms with Gasteiger partial charge in [-0.1, -0.05) is 65.3 Å². The molecular formula is C41H44Hf. The summed E-state index contributed by atoms with van der Waals surface area (Å²) in [5, 5.41) is 0. The normalized spacial score (nSPS) is 13.0. The van der Waals surface area contributed by atoms with Gasteiger partial charge in [0.1, 0.15) is 0 Å². The molecule has 0 aliphatic heterocycles. The summed E-state index contributed by atoms with van der Waals surface area (Å²) in [5.74, 6) is 0. The van der Waals surface area contributed by atoms with E-state index >= 15 is 0 Å². The van der Waals surface area contributed by atoms with Crippen LogP contribution in [-0.4, -0.2) is 3.26 Å². The fraction of sp³-hybridized carbons (Fsp3) is 0.293. The monoisotopic (exact) mass is 716 g/mol. The minimum absolute atomic E-state index is 0.167. The molecule has 0 amide bonds. The summed E-state index contributed by atoms with van der Waals surface area (Å²) in [7, 11) is 0. The molecule has 4 aromatic rings. The van der Waals surface area contributed by atoms with Gasteiger partial charge in [-0.05, 0) is 28.4 Å². The van der Waals surface area contributed by atoms with E-state index in [9.17, 15) is 0 Å². The van der Waals surface area contributed by atoms with Crippen LogP contribution in [0.3, 0.4) is 0 Å². The van der Waals surface area contributed by atoms with Gasteiger partial charge in [0.25, 0.3) is 0 Å². The molecule has 2 aliphatic carbocycles. The zero-order valence-electron chi connectivity index (χ0n) is 26.2. The van der Waals surface area contributed by atoms with Crippen LogP contribution in [-0.2, 0) is 54.0 Å². The third-order valence-electron chi connectivity index (χ3n) is 7.57. The minimum atomic E-state index is 0.167. The van der Waals surface area contributed by atoms with Gasteiger partial charge >= 0.3 is 112 Å². The first-order chi connectivity index (χ1) is 20.0. The van der Waals surface area contributed by atoms with Crippen LogP contribution >= 0.6 is 0 Å². The summed E-state index contributed by atoms with van der Waals surface area (Å²) in [4.78, 5) is 0. The van der Waals surface area contributed by atoms with E-state index < -0.39 is 0 Å². The van der Waals surface area contributed by atoms with Crippen molar-refractivity contribution in [2.24, 2.45) is 0 Å². The number of rotatable bonds is 4. The molecule has 0 nitrogen and oxygen atoms in total. The van der Waals surface area contributed by atoms with Crippen LogP contribution in [0.15, 0.2) is 109 Å². The van der Waals surface area contributed by atoms with Gasteiger partial charge in [-0.2, -0.15) is 29.8 Å². The molecule has 0 N–H and O–H groups in total. The molecule has 0 bridgehead atoms. The fourth-order valence-electron chi connectivity index (χ4n) is 5.11. The summed E-state index contributed by atoms with van der Waals surface area (Å²) in [6, 6.07) is 36.6. The van der Waals surface area contributed by atoms with Crippen molar-refractivity contribution in [3.8, 4) is 11.1 Å². The molecule has 0 atom stereocenters. The number of allylic oxidation sites excluding steroid dienone is 4. The van der Waals surface area contributed by atoms with Crippen molar-refractivity contribution in [2.45, 2.75) is 78.1 Å². The van der Waals surface area contributed by atoms with E-state index in [1.165, 1.54) is 68.4 Å². The molecule has 0 radical (unpaired) electrons. The van der Waals surface area contributed by atoms with Gasteiger partial charge in [-0.25, -0.2) is 12.2 Å². The first kappa shape index (κ1) is 32.0. The number of hydrogen-bond donors (Lipinski definition) is 0. The first-order valence-electron chi connectivity index (χ1n) is 15.1. The molecule has 0 saturated heterocycles. The van der Waals surface area contributed by atoms with E-state index in [-0.39, 0.29) is 10.8 Å². The topological polar surface area (TPSA) is 0 Å². The number of benzene rings is 4. The van der Waals surface area contributed by atoms with Crippen molar-refractivity contribution >= 4 is 3.26 Å². The van der Waals surface area contributed by atoms with Gasteiger partial charge in [0, 0.05) is 0 Å². The Kier molecular flexibility index (Phi) is 11.1. The average molecular weight is 715 g/mol. The third-order valence-corrected chi connectivity index (χ3v) is 8.84. The van der Waals surface area contributed by atoms with Crippen LogP contribution < -0.4 is 0 Å². The second-order valence-corrected chi connectivity index (χ2v) is 15.8. The molecule has 212 valence electrons. The van der Waals surface area contributed by atoms with E-state index in [2.05, 4.69) is 151 Å². The van der Waals surface area contributed by atoms with Crippen LogP contribution in [0.25, 0.3) is 11.1 Å². The Labute approximate surface area is 269 Å². The molecule has 2 aliphatic rings. The molecule has 42 heavy (non-hydrogen) atoms. The van der Waals surface area contributed by atoms with Crippen LogP contribution in [0, 0.1) is 12.1 Å². The Balaban J connectivity index is 0.000000170. The Bertz CT molecular complexity index is 1410. The predicted molar refractivity (Wildman–Crippen MR) is 178 cm³/mol. The van der Waals surface area contributed by atoms with Crippen molar-refractivity contribution in [2.75, 3.05) is 0 Å². The molecule has 1 heteroatoms.